The highest BCUT2D eigenvalue weighted by molar-refractivity contribution is 7.80. The van der Waals surface area contributed by atoms with E-state index in [1.807, 2.05) is 36.4 Å². The maximum Gasteiger partial charge on any atom is 0.226 e. The molecule has 1 aliphatic heterocycles. The molecule has 2 aromatic heterocycles. The van der Waals surface area contributed by atoms with Gasteiger partial charge in [0.2, 0.25) is 5.91 Å². The fraction of sp³-hybridized carbons (Fsp3) is 0.207. The van der Waals surface area contributed by atoms with Crippen molar-refractivity contribution in [3.8, 4) is 5.69 Å². The summed E-state index contributed by atoms with van der Waals surface area (Å²) in [7, 11) is 0. The van der Waals surface area contributed by atoms with Gasteiger partial charge in [0.15, 0.2) is 5.11 Å². The molecule has 1 aliphatic rings. The average Bonchev–Trinajstić information content (AvgIpc) is 3.39. The summed E-state index contributed by atoms with van der Waals surface area (Å²) in [6.07, 6.45) is 2.01. The Morgan fingerprint density at radius 3 is 2.49 bits per heavy atom. The zero-order valence-electron chi connectivity index (χ0n) is 20.7. The van der Waals surface area contributed by atoms with E-state index in [1.54, 1.807) is 18.3 Å². The van der Waals surface area contributed by atoms with Crippen LogP contribution in [-0.4, -0.2) is 32.0 Å². The topological polar surface area (TPSA) is 62.2 Å². The van der Waals surface area contributed by atoms with Gasteiger partial charge in [-0.15, -0.1) is 0 Å². The number of benzene rings is 2. The molecule has 4 aromatic rings. The lowest BCUT2D eigenvalue weighted by atomic mass is 9.96. The number of hydrogen-bond acceptors (Lipinski definition) is 3. The third kappa shape index (κ3) is 5.11. The second-order valence-corrected chi connectivity index (χ2v) is 9.51. The van der Waals surface area contributed by atoms with Crippen LogP contribution in [0.3, 0.4) is 0 Å². The van der Waals surface area contributed by atoms with Gasteiger partial charge in [0.05, 0.1) is 17.8 Å². The van der Waals surface area contributed by atoms with Gasteiger partial charge >= 0.3 is 0 Å². The summed E-state index contributed by atoms with van der Waals surface area (Å²) in [6, 6.07) is 23.7. The Bertz CT molecular complexity index is 1410. The van der Waals surface area contributed by atoms with E-state index >= 15 is 0 Å². The van der Waals surface area contributed by atoms with E-state index in [1.165, 1.54) is 12.1 Å². The van der Waals surface area contributed by atoms with Crippen molar-refractivity contribution in [2.24, 2.45) is 0 Å². The van der Waals surface area contributed by atoms with E-state index in [4.69, 9.17) is 12.2 Å². The van der Waals surface area contributed by atoms with Crippen LogP contribution < -0.4 is 10.6 Å². The minimum atomic E-state index is -0.344. The standard InChI is InChI=1S/C29H28FN5OS/c1-19-18-24(20(2)35(19)23-8-4-3-5-9-23)28-27(25-10-6-7-16-31-25)33-29(37)34(28)17-15-26(36)32-22-13-11-21(30)12-14-22/h3-14,16,18,27-28H,15,17H2,1-2H3,(H,32,36)(H,33,37)/t27-,28+/m0/s1. The van der Waals surface area contributed by atoms with E-state index in [2.05, 4.69) is 57.1 Å². The highest BCUT2D eigenvalue weighted by Crippen LogP contribution is 2.41. The van der Waals surface area contributed by atoms with Crippen LogP contribution in [0, 0.1) is 19.7 Å². The van der Waals surface area contributed by atoms with E-state index in [-0.39, 0.29) is 30.2 Å². The van der Waals surface area contributed by atoms with Gasteiger partial charge in [-0.05, 0) is 86.2 Å². The summed E-state index contributed by atoms with van der Waals surface area (Å²) >= 11 is 5.77. The van der Waals surface area contributed by atoms with Crippen LogP contribution in [-0.2, 0) is 4.79 Å². The van der Waals surface area contributed by atoms with Crippen molar-refractivity contribution in [2.75, 3.05) is 11.9 Å². The molecule has 188 valence electrons. The molecule has 2 aromatic carbocycles. The molecule has 37 heavy (non-hydrogen) atoms. The van der Waals surface area contributed by atoms with Crippen LogP contribution in [0.15, 0.2) is 85.1 Å². The van der Waals surface area contributed by atoms with Gasteiger partial charge in [-0.1, -0.05) is 24.3 Å². The first-order valence-electron chi connectivity index (χ1n) is 12.2. The summed E-state index contributed by atoms with van der Waals surface area (Å²) in [4.78, 5) is 19.4. The fourth-order valence-electron chi connectivity index (χ4n) is 5.02. The summed E-state index contributed by atoms with van der Waals surface area (Å²) in [6.45, 7) is 4.63. The van der Waals surface area contributed by atoms with Crippen molar-refractivity contribution >= 4 is 28.9 Å². The van der Waals surface area contributed by atoms with Gasteiger partial charge in [-0.25, -0.2) is 4.39 Å². The molecule has 1 amide bonds. The minimum absolute atomic E-state index is 0.148. The highest BCUT2D eigenvalue weighted by atomic mass is 32.1. The average molecular weight is 514 g/mol. The second kappa shape index (κ2) is 10.5. The zero-order valence-corrected chi connectivity index (χ0v) is 21.5. The molecule has 5 rings (SSSR count). The molecule has 3 heterocycles. The third-order valence-electron chi connectivity index (χ3n) is 6.71. The van der Waals surface area contributed by atoms with Crippen LogP contribution in [0.2, 0.25) is 0 Å². The van der Waals surface area contributed by atoms with Gasteiger partial charge in [-0.2, -0.15) is 0 Å². The van der Waals surface area contributed by atoms with E-state index < -0.39 is 0 Å². The Hall–Kier alpha value is -4.04. The molecule has 0 unspecified atom stereocenters. The quantitative estimate of drug-likeness (QED) is 0.314. The summed E-state index contributed by atoms with van der Waals surface area (Å²) in [5, 5.41) is 6.88. The zero-order chi connectivity index (χ0) is 25.9. The molecule has 0 saturated carbocycles. The van der Waals surface area contributed by atoms with Crippen molar-refractivity contribution in [2.45, 2.75) is 32.4 Å². The molecule has 2 N–H and O–H groups in total. The summed E-state index contributed by atoms with van der Waals surface area (Å²) < 4.78 is 15.5. The molecule has 1 saturated heterocycles. The number of hydrogen-bond donors (Lipinski definition) is 2. The lowest BCUT2D eigenvalue weighted by Gasteiger charge is -2.28. The molecule has 1 fully saturated rings. The fourth-order valence-corrected chi connectivity index (χ4v) is 5.36. The number of anilines is 1. The number of halogens is 1. The molecule has 0 aliphatic carbocycles. The summed E-state index contributed by atoms with van der Waals surface area (Å²) in [5.41, 5.74) is 5.90. The maximum atomic E-state index is 13.2. The third-order valence-corrected chi connectivity index (χ3v) is 7.06. The Morgan fingerprint density at radius 1 is 1.05 bits per heavy atom. The first-order valence-corrected chi connectivity index (χ1v) is 12.6. The van der Waals surface area contributed by atoms with Gasteiger partial charge in [0.1, 0.15) is 5.82 Å². The molecular formula is C29H28FN5OS. The van der Waals surface area contributed by atoms with Crippen LogP contribution in [0.25, 0.3) is 5.69 Å². The number of carbonyl (C=O) groups is 1. The minimum Gasteiger partial charge on any atom is -0.352 e. The maximum absolute atomic E-state index is 13.2. The van der Waals surface area contributed by atoms with Gasteiger partial charge in [0, 0.05) is 41.9 Å². The van der Waals surface area contributed by atoms with Gasteiger partial charge in [-0.3, -0.25) is 9.78 Å². The first-order chi connectivity index (χ1) is 17.9. The number of nitrogens with one attached hydrogen (secondary N) is 2. The SMILES string of the molecule is Cc1cc([C@@H]2[C@H](c3ccccn3)NC(=S)N2CCC(=O)Nc2ccc(F)cc2)c(C)n1-c1ccccc1. The van der Waals surface area contributed by atoms with E-state index in [0.717, 1.165) is 28.3 Å². The molecule has 8 heteroatoms. The van der Waals surface area contributed by atoms with Crippen molar-refractivity contribution in [3.63, 3.8) is 0 Å². The molecule has 0 spiro atoms. The van der Waals surface area contributed by atoms with E-state index in [0.29, 0.717) is 17.3 Å². The normalized spacial score (nSPS) is 17.1. The van der Waals surface area contributed by atoms with Gasteiger partial charge in [0.25, 0.3) is 0 Å². The van der Waals surface area contributed by atoms with Gasteiger partial charge < -0.3 is 20.1 Å². The largest absolute Gasteiger partial charge is 0.352 e. The van der Waals surface area contributed by atoms with Crippen LogP contribution in [0.4, 0.5) is 10.1 Å². The molecule has 2 atom stereocenters. The predicted molar refractivity (Wildman–Crippen MR) is 147 cm³/mol. The Balaban J connectivity index is 1.45. The van der Waals surface area contributed by atoms with Crippen LogP contribution >= 0.6 is 12.2 Å². The highest BCUT2D eigenvalue weighted by Gasteiger charge is 2.41. The number of thiocarbonyl (C=S) groups is 1. The number of pyridine rings is 1. The van der Waals surface area contributed by atoms with Crippen molar-refractivity contribution < 1.29 is 9.18 Å². The number of nitrogens with zero attached hydrogens (tertiary/aromatic N) is 3. The number of amides is 1. The Kier molecular flexibility index (Phi) is 7.01. The van der Waals surface area contributed by atoms with Crippen molar-refractivity contribution in [3.05, 3.63) is 114 Å². The first kappa shape index (κ1) is 24.6. The number of para-hydroxylation sites is 1. The Morgan fingerprint density at radius 2 is 1.78 bits per heavy atom. The number of rotatable bonds is 7. The molecular weight excluding hydrogens is 485 g/mol. The number of aryl methyl sites for hydroxylation is 1. The lowest BCUT2D eigenvalue weighted by Crippen LogP contribution is -2.32. The lowest BCUT2D eigenvalue weighted by molar-refractivity contribution is -0.116. The van der Waals surface area contributed by atoms with Crippen molar-refractivity contribution in [1.82, 2.24) is 19.8 Å². The predicted octanol–water partition coefficient (Wildman–Crippen LogP) is 5.63. The number of carbonyl (C=O) groups excluding carboxylic acids is 1. The molecule has 0 radical (unpaired) electrons. The van der Waals surface area contributed by atoms with E-state index in [9.17, 15) is 9.18 Å². The molecule has 0 bridgehead atoms. The Labute approximate surface area is 221 Å². The molecule has 6 nitrogen and oxygen atoms in total. The number of aromatic nitrogens is 2. The van der Waals surface area contributed by atoms with Crippen LogP contribution in [0.1, 0.15) is 41.1 Å². The summed E-state index contributed by atoms with van der Waals surface area (Å²) in [5.74, 6) is -0.507. The smallest absolute Gasteiger partial charge is 0.226 e. The monoisotopic (exact) mass is 513 g/mol. The second-order valence-electron chi connectivity index (χ2n) is 9.12. The van der Waals surface area contributed by atoms with Crippen molar-refractivity contribution in [1.29, 1.82) is 0 Å². The van der Waals surface area contributed by atoms with Crippen LogP contribution in [0.5, 0.6) is 0 Å².